The Labute approximate surface area is 91.2 Å². The highest BCUT2D eigenvalue weighted by molar-refractivity contribution is 5.96. The van der Waals surface area contributed by atoms with Crippen LogP contribution in [0, 0.1) is 11.8 Å². The summed E-state index contributed by atoms with van der Waals surface area (Å²) in [6.07, 6.45) is 4.07. The Bertz CT molecular complexity index is 227. The number of rotatable bonds is 4. The van der Waals surface area contributed by atoms with E-state index in [0.29, 0.717) is 6.61 Å². The van der Waals surface area contributed by atoms with Crippen molar-refractivity contribution in [1.82, 2.24) is 0 Å². The normalized spacial score (nSPS) is 26.0. The molecule has 0 amide bonds. The van der Waals surface area contributed by atoms with Gasteiger partial charge in [0.1, 0.15) is 12.2 Å². The average Bonchev–Trinajstić information content (AvgIpc) is 2.18. The van der Waals surface area contributed by atoms with E-state index >= 15 is 0 Å². The molecule has 0 aromatic rings. The van der Waals surface area contributed by atoms with Crippen LogP contribution in [-0.4, -0.2) is 18.4 Å². The molecule has 15 heavy (non-hydrogen) atoms. The maximum Gasteiger partial charge on any atom is 0.313 e. The van der Waals surface area contributed by atoms with E-state index in [1.807, 2.05) is 0 Å². The topological polar surface area (TPSA) is 43.4 Å². The fourth-order valence-electron chi connectivity index (χ4n) is 2.08. The van der Waals surface area contributed by atoms with Gasteiger partial charge in [-0.1, -0.05) is 19.8 Å². The average molecular weight is 212 g/mol. The van der Waals surface area contributed by atoms with Crippen LogP contribution in [0.1, 0.15) is 46.0 Å². The van der Waals surface area contributed by atoms with Crippen molar-refractivity contribution in [2.24, 2.45) is 11.8 Å². The van der Waals surface area contributed by atoms with E-state index < -0.39 is 0 Å². The summed E-state index contributed by atoms with van der Waals surface area (Å²) in [6, 6.07) is 0. The Balaban J connectivity index is 2.31. The SMILES string of the molecule is CCOC(=O)CC(=O)C1CCC(C)CC1. The number of hydrogen-bond acceptors (Lipinski definition) is 3. The van der Waals surface area contributed by atoms with Crippen molar-refractivity contribution in [3.63, 3.8) is 0 Å². The maximum absolute atomic E-state index is 11.7. The van der Waals surface area contributed by atoms with E-state index in [9.17, 15) is 9.59 Å². The van der Waals surface area contributed by atoms with Crippen molar-refractivity contribution < 1.29 is 14.3 Å². The molecule has 1 fully saturated rings. The van der Waals surface area contributed by atoms with Crippen molar-refractivity contribution in [3.05, 3.63) is 0 Å². The lowest BCUT2D eigenvalue weighted by Crippen LogP contribution is -2.23. The zero-order valence-corrected chi connectivity index (χ0v) is 9.62. The fourth-order valence-corrected chi connectivity index (χ4v) is 2.08. The van der Waals surface area contributed by atoms with Crippen LogP contribution in [0.2, 0.25) is 0 Å². The van der Waals surface area contributed by atoms with E-state index in [1.54, 1.807) is 6.92 Å². The molecule has 0 bridgehead atoms. The van der Waals surface area contributed by atoms with Crippen LogP contribution in [0.5, 0.6) is 0 Å². The summed E-state index contributed by atoms with van der Waals surface area (Å²) in [6.45, 7) is 4.32. The molecular formula is C12H20O3. The molecule has 1 aliphatic rings. The van der Waals surface area contributed by atoms with Crippen molar-refractivity contribution in [3.8, 4) is 0 Å². The van der Waals surface area contributed by atoms with Crippen LogP contribution in [0.25, 0.3) is 0 Å². The van der Waals surface area contributed by atoms with E-state index in [-0.39, 0.29) is 24.1 Å². The lowest BCUT2D eigenvalue weighted by atomic mass is 9.80. The Morgan fingerprint density at radius 2 is 1.80 bits per heavy atom. The minimum Gasteiger partial charge on any atom is -0.466 e. The molecule has 0 heterocycles. The highest BCUT2D eigenvalue weighted by Crippen LogP contribution is 2.29. The third-order valence-corrected chi connectivity index (χ3v) is 3.10. The van der Waals surface area contributed by atoms with Crippen LogP contribution in [0.3, 0.4) is 0 Å². The first-order chi connectivity index (χ1) is 7.13. The second-order valence-electron chi connectivity index (χ2n) is 4.40. The van der Waals surface area contributed by atoms with Gasteiger partial charge >= 0.3 is 5.97 Å². The second kappa shape index (κ2) is 5.89. The van der Waals surface area contributed by atoms with Gasteiger partial charge in [0.15, 0.2) is 0 Å². The minimum absolute atomic E-state index is 0.0348. The Kier molecular flexibility index (Phi) is 4.79. The molecule has 1 aliphatic carbocycles. The number of esters is 1. The summed E-state index contributed by atoms with van der Waals surface area (Å²) in [5.74, 6) is 0.531. The third-order valence-electron chi connectivity index (χ3n) is 3.10. The van der Waals surface area contributed by atoms with E-state index in [1.165, 1.54) is 0 Å². The van der Waals surface area contributed by atoms with Crippen molar-refractivity contribution in [1.29, 1.82) is 0 Å². The van der Waals surface area contributed by atoms with Gasteiger partial charge in [-0.2, -0.15) is 0 Å². The van der Waals surface area contributed by atoms with Gasteiger partial charge in [0.25, 0.3) is 0 Å². The quantitative estimate of drug-likeness (QED) is 0.530. The van der Waals surface area contributed by atoms with E-state index in [4.69, 9.17) is 4.74 Å². The first-order valence-corrected chi connectivity index (χ1v) is 5.81. The van der Waals surface area contributed by atoms with Gasteiger partial charge in [-0.05, 0) is 25.7 Å². The molecule has 86 valence electrons. The highest BCUT2D eigenvalue weighted by Gasteiger charge is 2.25. The van der Waals surface area contributed by atoms with Crippen LogP contribution in [0.15, 0.2) is 0 Å². The molecule has 0 radical (unpaired) electrons. The first kappa shape index (κ1) is 12.2. The van der Waals surface area contributed by atoms with Crippen LogP contribution < -0.4 is 0 Å². The van der Waals surface area contributed by atoms with Crippen LogP contribution >= 0.6 is 0 Å². The van der Waals surface area contributed by atoms with Crippen molar-refractivity contribution >= 4 is 11.8 Å². The third kappa shape index (κ3) is 4.02. The largest absolute Gasteiger partial charge is 0.466 e. The molecular weight excluding hydrogens is 192 g/mol. The number of carbonyl (C=O) groups is 2. The van der Waals surface area contributed by atoms with Gasteiger partial charge in [-0.3, -0.25) is 9.59 Å². The lowest BCUT2D eigenvalue weighted by Gasteiger charge is -2.24. The van der Waals surface area contributed by atoms with Gasteiger partial charge in [0.05, 0.1) is 6.61 Å². The smallest absolute Gasteiger partial charge is 0.313 e. The highest BCUT2D eigenvalue weighted by atomic mass is 16.5. The number of carbonyl (C=O) groups excluding carboxylic acids is 2. The summed E-state index contributed by atoms with van der Waals surface area (Å²) in [4.78, 5) is 22.8. The predicted molar refractivity (Wildman–Crippen MR) is 57.4 cm³/mol. The van der Waals surface area contributed by atoms with Gasteiger partial charge in [-0.15, -0.1) is 0 Å². The van der Waals surface area contributed by atoms with Gasteiger partial charge in [0, 0.05) is 5.92 Å². The summed E-state index contributed by atoms with van der Waals surface area (Å²) in [7, 11) is 0. The van der Waals surface area contributed by atoms with Gasteiger partial charge in [-0.25, -0.2) is 0 Å². The molecule has 0 atom stereocenters. The number of Topliss-reactive ketones (excluding diaryl/α,β-unsaturated/α-hetero) is 1. The maximum atomic E-state index is 11.7. The lowest BCUT2D eigenvalue weighted by molar-refractivity contribution is -0.146. The summed E-state index contributed by atoms with van der Waals surface area (Å²) in [5, 5.41) is 0. The molecule has 0 aromatic heterocycles. The molecule has 0 aliphatic heterocycles. The summed E-state index contributed by atoms with van der Waals surface area (Å²) >= 11 is 0. The molecule has 0 spiro atoms. The number of ether oxygens (including phenoxy) is 1. The van der Waals surface area contributed by atoms with Crippen molar-refractivity contribution in [2.75, 3.05) is 6.61 Å². The van der Waals surface area contributed by atoms with Crippen molar-refractivity contribution in [2.45, 2.75) is 46.0 Å². The summed E-state index contributed by atoms with van der Waals surface area (Å²) < 4.78 is 4.76. The Morgan fingerprint density at radius 3 is 2.33 bits per heavy atom. The van der Waals surface area contributed by atoms with Gasteiger partial charge in [0.2, 0.25) is 0 Å². The molecule has 0 saturated heterocycles. The molecule has 0 aromatic carbocycles. The zero-order chi connectivity index (χ0) is 11.3. The fraction of sp³-hybridized carbons (Fsp3) is 0.833. The van der Waals surface area contributed by atoms with Crippen LogP contribution in [-0.2, 0) is 14.3 Å². The molecule has 0 unspecified atom stereocenters. The number of hydrogen-bond donors (Lipinski definition) is 0. The molecule has 1 saturated carbocycles. The Hall–Kier alpha value is -0.860. The van der Waals surface area contributed by atoms with E-state index in [0.717, 1.165) is 31.6 Å². The first-order valence-electron chi connectivity index (χ1n) is 5.81. The number of ketones is 1. The molecule has 1 rings (SSSR count). The predicted octanol–water partition coefficient (Wildman–Crippen LogP) is 2.33. The molecule has 3 heteroatoms. The second-order valence-corrected chi connectivity index (χ2v) is 4.40. The zero-order valence-electron chi connectivity index (χ0n) is 9.62. The Morgan fingerprint density at radius 1 is 1.20 bits per heavy atom. The summed E-state index contributed by atoms with van der Waals surface area (Å²) in [5.41, 5.74) is 0. The van der Waals surface area contributed by atoms with Crippen LogP contribution in [0.4, 0.5) is 0 Å². The van der Waals surface area contributed by atoms with E-state index in [2.05, 4.69) is 6.92 Å². The molecule has 0 N–H and O–H groups in total. The molecule has 3 nitrogen and oxygen atoms in total. The monoisotopic (exact) mass is 212 g/mol. The minimum atomic E-state index is -0.374. The standard InChI is InChI=1S/C12H20O3/c1-3-15-12(14)8-11(13)10-6-4-9(2)5-7-10/h9-10H,3-8H2,1-2H3. The van der Waals surface area contributed by atoms with Gasteiger partial charge < -0.3 is 4.74 Å².